The molecule has 0 aromatic heterocycles. The lowest BCUT2D eigenvalue weighted by Gasteiger charge is -2.27. The second-order valence-corrected chi connectivity index (χ2v) is 5.71. The molecule has 1 heterocycles. The van der Waals surface area contributed by atoms with E-state index in [-0.39, 0.29) is 0 Å². The van der Waals surface area contributed by atoms with Gasteiger partial charge in [0.15, 0.2) is 0 Å². The van der Waals surface area contributed by atoms with Gasteiger partial charge in [-0.15, -0.1) is 0 Å². The molecule has 0 saturated carbocycles. The highest BCUT2D eigenvalue weighted by atomic mass is 16.5. The minimum absolute atomic E-state index is 0.796. The van der Waals surface area contributed by atoms with Crippen LogP contribution in [0.4, 0.5) is 0 Å². The van der Waals surface area contributed by atoms with E-state index in [1.54, 1.807) is 0 Å². The average molecular weight is 256 g/mol. The zero-order valence-corrected chi connectivity index (χ0v) is 12.6. The first kappa shape index (κ1) is 15.9. The van der Waals surface area contributed by atoms with Gasteiger partial charge in [-0.1, -0.05) is 27.2 Å². The average Bonchev–Trinajstić information content (AvgIpc) is 2.81. The molecule has 0 amide bonds. The third-order valence-electron chi connectivity index (χ3n) is 3.82. The van der Waals surface area contributed by atoms with Gasteiger partial charge in [0.2, 0.25) is 0 Å². The number of likely N-dealkylation sites (tertiary alicyclic amines) is 1. The molecule has 1 atom stereocenters. The fourth-order valence-corrected chi connectivity index (χ4v) is 2.72. The molecule has 0 bridgehead atoms. The Morgan fingerprint density at radius 1 is 1.28 bits per heavy atom. The summed E-state index contributed by atoms with van der Waals surface area (Å²) in [5.74, 6) is 0.796. The van der Waals surface area contributed by atoms with Crippen LogP contribution in [0.1, 0.15) is 46.5 Å². The van der Waals surface area contributed by atoms with Crippen LogP contribution in [-0.4, -0.2) is 50.3 Å². The summed E-state index contributed by atoms with van der Waals surface area (Å²) in [7, 11) is 0. The Morgan fingerprint density at radius 3 is 2.83 bits per heavy atom. The van der Waals surface area contributed by atoms with Gasteiger partial charge < -0.3 is 10.1 Å². The largest absolute Gasteiger partial charge is 0.380 e. The van der Waals surface area contributed by atoms with Crippen molar-refractivity contribution in [2.24, 2.45) is 5.92 Å². The number of nitrogens with one attached hydrogen (secondary N) is 1. The quantitative estimate of drug-likeness (QED) is 0.608. The minimum atomic E-state index is 0.796. The van der Waals surface area contributed by atoms with E-state index in [0.29, 0.717) is 0 Å². The fourth-order valence-electron chi connectivity index (χ4n) is 2.72. The van der Waals surface area contributed by atoms with Gasteiger partial charge in [0.1, 0.15) is 0 Å². The summed E-state index contributed by atoms with van der Waals surface area (Å²) in [4.78, 5) is 2.65. The summed E-state index contributed by atoms with van der Waals surface area (Å²) in [6, 6.07) is 0.813. The normalized spacial score (nSPS) is 21.0. The first-order chi connectivity index (χ1) is 8.75. The molecule has 1 saturated heterocycles. The van der Waals surface area contributed by atoms with Gasteiger partial charge in [0.05, 0.1) is 6.61 Å². The molecular weight excluding hydrogens is 224 g/mol. The van der Waals surface area contributed by atoms with E-state index in [2.05, 4.69) is 31.0 Å². The molecule has 3 heteroatoms. The van der Waals surface area contributed by atoms with Gasteiger partial charge >= 0.3 is 0 Å². The highest BCUT2D eigenvalue weighted by molar-refractivity contribution is 4.81. The van der Waals surface area contributed by atoms with Gasteiger partial charge in [-0.2, -0.15) is 0 Å². The maximum Gasteiger partial charge on any atom is 0.0590 e. The molecule has 0 spiro atoms. The lowest BCUT2D eigenvalue weighted by atomic mass is 10.0. The number of hydrogen-bond donors (Lipinski definition) is 1. The predicted octanol–water partition coefficient (Wildman–Crippen LogP) is 2.51. The topological polar surface area (TPSA) is 24.5 Å². The van der Waals surface area contributed by atoms with E-state index >= 15 is 0 Å². The van der Waals surface area contributed by atoms with E-state index in [1.165, 1.54) is 38.8 Å². The molecule has 1 rings (SSSR count). The Balaban J connectivity index is 1.94. The molecule has 3 nitrogen and oxygen atoms in total. The smallest absolute Gasteiger partial charge is 0.0590 e. The maximum absolute atomic E-state index is 5.53. The van der Waals surface area contributed by atoms with E-state index < -0.39 is 0 Å². The molecule has 1 fully saturated rings. The second-order valence-electron chi connectivity index (χ2n) is 5.71. The van der Waals surface area contributed by atoms with Crippen molar-refractivity contribution in [3.63, 3.8) is 0 Å². The van der Waals surface area contributed by atoms with Gasteiger partial charge in [-0.3, -0.25) is 4.90 Å². The lowest BCUT2D eigenvalue weighted by Crippen LogP contribution is -2.38. The molecular formula is C15H32N2O. The summed E-state index contributed by atoms with van der Waals surface area (Å²) in [6.07, 6.45) is 5.17. The molecule has 0 aromatic rings. The third-order valence-corrected chi connectivity index (χ3v) is 3.82. The standard InChI is InChI=1S/C15H32N2O/c1-4-5-12-18-13-9-16-8-11-17-10-6-7-15(17)14(2)3/h14-16H,4-13H2,1-3H3. The van der Waals surface area contributed by atoms with E-state index in [1.807, 2.05) is 0 Å². The van der Waals surface area contributed by atoms with Gasteiger partial charge in [0, 0.05) is 32.3 Å². The highest BCUT2D eigenvalue weighted by Gasteiger charge is 2.25. The summed E-state index contributed by atoms with van der Waals surface area (Å²) < 4.78 is 5.53. The third kappa shape index (κ3) is 6.17. The minimum Gasteiger partial charge on any atom is -0.380 e. The maximum atomic E-state index is 5.53. The van der Waals surface area contributed by atoms with Crippen LogP contribution in [0, 0.1) is 5.92 Å². The van der Waals surface area contributed by atoms with Crippen LogP contribution in [0.25, 0.3) is 0 Å². The van der Waals surface area contributed by atoms with Crippen molar-refractivity contribution in [2.75, 3.05) is 39.4 Å². The van der Waals surface area contributed by atoms with Gasteiger partial charge in [-0.25, -0.2) is 0 Å². The lowest BCUT2D eigenvalue weighted by molar-refractivity contribution is 0.131. The van der Waals surface area contributed by atoms with Crippen molar-refractivity contribution in [1.82, 2.24) is 10.2 Å². The van der Waals surface area contributed by atoms with E-state index in [4.69, 9.17) is 4.74 Å². The number of nitrogens with zero attached hydrogens (tertiary/aromatic N) is 1. The molecule has 1 aliphatic rings. The number of unbranched alkanes of at least 4 members (excludes halogenated alkanes) is 1. The first-order valence-corrected chi connectivity index (χ1v) is 7.78. The van der Waals surface area contributed by atoms with Crippen LogP contribution >= 0.6 is 0 Å². The van der Waals surface area contributed by atoms with Gasteiger partial charge in [-0.05, 0) is 31.7 Å². The number of ether oxygens (including phenoxy) is 1. The monoisotopic (exact) mass is 256 g/mol. The molecule has 108 valence electrons. The fraction of sp³-hybridized carbons (Fsp3) is 1.00. The highest BCUT2D eigenvalue weighted by Crippen LogP contribution is 2.22. The second kappa shape index (κ2) is 9.76. The molecule has 1 unspecified atom stereocenters. The summed E-state index contributed by atoms with van der Waals surface area (Å²) in [5.41, 5.74) is 0. The summed E-state index contributed by atoms with van der Waals surface area (Å²) in [6.45, 7) is 13.2. The van der Waals surface area contributed by atoms with Crippen molar-refractivity contribution in [2.45, 2.75) is 52.5 Å². The van der Waals surface area contributed by atoms with Crippen LogP contribution in [-0.2, 0) is 4.74 Å². The van der Waals surface area contributed by atoms with Crippen molar-refractivity contribution >= 4 is 0 Å². The van der Waals surface area contributed by atoms with Gasteiger partial charge in [0.25, 0.3) is 0 Å². The van der Waals surface area contributed by atoms with Crippen LogP contribution < -0.4 is 5.32 Å². The van der Waals surface area contributed by atoms with Crippen molar-refractivity contribution in [1.29, 1.82) is 0 Å². The molecule has 0 radical (unpaired) electrons. The molecule has 0 aliphatic carbocycles. The van der Waals surface area contributed by atoms with Crippen molar-refractivity contribution < 1.29 is 4.74 Å². The van der Waals surface area contributed by atoms with Crippen LogP contribution in [0.3, 0.4) is 0 Å². The SMILES string of the molecule is CCCCOCCNCCN1CCCC1C(C)C. The number of hydrogen-bond acceptors (Lipinski definition) is 3. The van der Waals surface area contributed by atoms with Crippen molar-refractivity contribution in [3.05, 3.63) is 0 Å². The number of rotatable bonds is 10. The first-order valence-electron chi connectivity index (χ1n) is 7.78. The molecule has 1 aliphatic heterocycles. The Bertz CT molecular complexity index is 197. The van der Waals surface area contributed by atoms with Crippen LogP contribution in [0.5, 0.6) is 0 Å². The molecule has 1 N–H and O–H groups in total. The van der Waals surface area contributed by atoms with E-state index in [0.717, 1.165) is 38.3 Å². The zero-order chi connectivity index (χ0) is 13.2. The van der Waals surface area contributed by atoms with Crippen LogP contribution in [0.2, 0.25) is 0 Å². The Kier molecular flexibility index (Phi) is 8.64. The van der Waals surface area contributed by atoms with Crippen LogP contribution in [0.15, 0.2) is 0 Å². The Labute approximate surface area is 113 Å². The van der Waals surface area contributed by atoms with E-state index in [9.17, 15) is 0 Å². The summed E-state index contributed by atoms with van der Waals surface area (Å²) >= 11 is 0. The Morgan fingerprint density at radius 2 is 2.11 bits per heavy atom. The zero-order valence-electron chi connectivity index (χ0n) is 12.6. The summed E-state index contributed by atoms with van der Waals surface area (Å²) in [5, 5.41) is 3.48. The molecule has 0 aromatic carbocycles. The predicted molar refractivity (Wildman–Crippen MR) is 78.0 cm³/mol. The Hall–Kier alpha value is -0.120. The molecule has 18 heavy (non-hydrogen) atoms. The van der Waals surface area contributed by atoms with Crippen molar-refractivity contribution in [3.8, 4) is 0 Å².